The summed E-state index contributed by atoms with van der Waals surface area (Å²) in [6.07, 6.45) is 2.29. The summed E-state index contributed by atoms with van der Waals surface area (Å²) < 4.78 is 27.9. The first-order valence-corrected chi connectivity index (χ1v) is 9.83. The van der Waals surface area contributed by atoms with Crippen molar-refractivity contribution in [3.63, 3.8) is 0 Å². The quantitative estimate of drug-likeness (QED) is 0.840. The number of thioether (sulfide) groups is 1. The molecule has 0 aromatic heterocycles. The highest BCUT2D eigenvalue weighted by atomic mass is 32.2. The molecule has 21 heavy (non-hydrogen) atoms. The molecule has 0 amide bonds. The fraction of sp³-hybridized carbons (Fsp3) is 0.600. The molecule has 1 fully saturated rings. The van der Waals surface area contributed by atoms with Crippen molar-refractivity contribution in [2.24, 2.45) is 0 Å². The van der Waals surface area contributed by atoms with Crippen LogP contribution in [0.5, 0.6) is 0 Å². The van der Waals surface area contributed by atoms with E-state index in [0.29, 0.717) is 23.2 Å². The molecular formula is C15H24N2O2S2. The van der Waals surface area contributed by atoms with Crippen LogP contribution in [0.4, 0.5) is 0 Å². The van der Waals surface area contributed by atoms with E-state index in [1.54, 1.807) is 6.07 Å². The van der Waals surface area contributed by atoms with Gasteiger partial charge in [0, 0.05) is 18.3 Å². The Morgan fingerprint density at radius 2 is 2.05 bits per heavy atom. The highest BCUT2D eigenvalue weighted by Crippen LogP contribution is 2.26. The van der Waals surface area contributed by atoms with Gasteiger partial charge in [-0.2, -0.15) is 11.8 Å². The van der Waals surface area contributed by atoms with E-state index in [-0.39, 0.29) is 0 Å². The molecule has 2 N–H and O–H groups in total. The van der Waals surface area contributed by atoms with Crippen molar-refractivity contribution < 1.29 is 8.42 Å². The van der Waals surface area contributed by atoms with Crippen molar-refractivity contribution in [2.75, 3.05) is 19.3 Å². The van der Waals surface area contributed by atoms with Gasteiger partial charge in [-0.3, -0.25) is 0 Å². The van der Waals surface area contributed by atoms with Crippen LogP contribution in [0.25, 0.3) is 0 Å². The van der Waals surface area contributed by atoms with Gasteiger partial charge < -0.3 is 5.32 Å². The number of sulfonamides is 1. The lowest BCUT2D eigenvalue weighted by Crippen LogP contribution is -2.30. The fourth-order valence-electron chi connectivity index (χ4n) is 2.63. The zero-order valence-corrected chi connectivity index (χ0v) is 14.5. The SMILES string of the molecule is CNCc1cc(S(=O)(=O)NCC2CCCS2)c(C)cc1C. The van der Waals surface area contributed by atoms with Crippen LogP contribution >= 0.6 is 11.8 Å². The summed E-state index contributed by atoms with van der Waals surface area (Å²) in [6.45, 7) is 5.07. The van der Waals surface area contributed by atoms with Crippen molar-refractivity contribution in [2.45, 2.75) is 43.4 Å². The Labute approximate surface area is 132 Å². The maximum atomic E-state index is 12.5. The third-order valence-electron chi connectivity index (χ3n) is 3.82. The minimum absolute atomic E-state index is 0.404. The van der Waals surface area contributed by atoms with E-state index in [0.717, 1.165) is 28.9 Å². The molecular weight excluding hydrogens is 304 g/mol. The van der Waals surface area contributed by atoms with E-state index in [1.165, 1.54) is 6.42 Å². The Kier molecular flexibility index (Phi) is 5.71. The third kappa shape index (κ3) is 4.22. The standard InChI is InChI=1S/C15H24N2O2S2/c1-11-7-12(2)15(8-13(11)9-16-3)21(18,19)17-10-14-5-4-6-20-14/h7-8,14,16-17H,4-6,9-10H2,1-3H3. The number of rotatable bonds is 6. The monoisotopic (exact) mass is 328 g/mol. The average molecular weight is 329 g/mol. The predicted octanol–water partition coefficient (Wildman–Crippen LogP) is 2.20. The second-order valence-corrected chi connectivity index (χ2v) is 8.71. The molecule has 118 valence electrons. The molecule has 1 aliphatic heterocycles. The average Bonchev–Trinajstić information content (AvgIpc) is 2.93. The van der Waals surface area contributed by atoms with Crippen LogP contribution in [-0.4, -0.2) is 33.0 Å². The molecule has 0 bridgehead atoms. The van der Waals surface area contributed by atoms with E-state index in [9.17, 15) is 8.42 Å². The number of benzene rings is 1. The number of aryl methyl sites for hydroxylation is 2. The Morgan fingerprint density at radius 3 is 2.67 bits per heavy atom. The van der Waals surface area contributed by atoms with Crippen molar-refractivity contribution in [1.29, 1.82) is 0 Å². The molecule has 1 unspecified atom stereocenters. The Hall–Kier alpha value is -0.560. The molecule has 0 spiro atoms. The van der Waals surface area contributed by atoms with Crippen LogP contribution in [0.1, 0.15) is 29.5 Å². The zero-order valence-electron chi connectivity index (χ0n) is 12.9. The summed E-state index contributed by atoms with van der Waals surface area (Å²) in [6, 6.07) is 3.75. The first-order chi connectivity index (χ1) is 9.94. The van der Waals surface area contributed by atoms with Gasteiger partial charge in [-0.25, -0.2) is 13.1 Å². The largest absolute Gasteiger partial charge is 0.316 e. The Morgan fingerprint density at radius 1 is 1.29 bits per heavy atom. The minimum Gasteiger partial charge on any atom is -0.316 e. The summed E-state index contributed by atoms with van der Waals surface area (Å²) >= 11 is 1.86. The summed E-state index contributed by atoms with van der Waals surface area (Å²) in [5.74, 6) is 1.14. The van der Waals surface area contributed by atoms with E-state index >= 15 is 0 Å². The molecule has 2 rings (SSSR count). The second kappa shape index (κ2) is 7.13. The van der Waals surface area contributed by atoms with Gasteiger partial charge in [0.15, 0.2) is 0 Å². The molecule has 1 saturated heterocycles. The van der Waals surface area contributed by atoms with Crippen molar-refractivity contribution >= 4 is 21.8 Å². The van der Waals surface area contributed by atoms with Crippen LogP contribution in [0.3, 0.4) is 0 Å². The van der Waals surface area contributed by atoms with Gasteiger partial charge in [0.1, 0.15) is 0 Å². The number of nitrogens with one attached hydrogen (secondary N) is 2. The van der Waals surface area contributed by atoms with E-state index in [2.05, 4.69) is 10.0 Å². The zero-order chi connectivity index (χ0) is 15.5. The Bertz CT molecular complexity index is 594. The van der Waals surface area contributed by atoms with Crippen molar-refractivity contribution in [3.8, 4) is 0 Å². The topological polar surface area (TPSA) is 58.2 Å². The molecule has 0 aliphatic carbocycles. The molecule has 0 radical (unpaired) electrons. The summed E-state index contributed by atoms with van der Waals surface area (Å²) in [5.41, 5.74) is 2.95. The van der Waals surface area contributed by atoms with Gasteiger partial charge in [-0.05, 0) is 62.2 Å². The molecule has 0 saturated carbocycles. The summed E-state index contributed by atoms with van der Waals surface area (Å²) in [4.78, 5) is 0.404. The highest BCUT2D eigenvalue weighted by molar-refractivity contribution is 8.00. The van der Waals surface area contributed by atoms with Gasteiger partial charge in [-0.1, -0.05) is 6.07 Å². The molecule has 1 atom stereocenters. The maximum absolute atomic E-state index is 12.5. The third-order valence-corrected chi connectivity index (χ3v) is 6.78. The van der Waals surface area contributed by atoms with Crippen molar-refractivity contribution in [3.05, 3.63) is 28.8 Å². The fourth-order valence-corrected chi connectivity index (χ4v) is 5.29. The van der Waals surface area contributed by atoms with Gasteiger partial charge in [0.25, 0.3) is 0 Å². The van der Waals surface area contributed by atoms with Crippen LogP contribution in [0.15, 0.2) is 17.0 Å². The van der Waals surface area contributed by atoms with Crippen LogP contribution in [-0.2, 0) is 16.6 Å². The van der Waals surface area contributed by atoms with Gasteiger partial charge in [0.05, 0.1) is 4.90 Å². The van der Waals surface area contributed by atoms with E-state index in [1.807, 2.05) is 38.7 Å². The van der Waals surface area contributed by atoms with Gasteiger partial charge in [-0.15, -0.1) is 0 Å². The van der Waals surface area contributed by atoms with Crippen LogP contribution in [0, 0.1) is 13.8 Å². The highest BCUT2D eigenvalue weighted by Gasteiger charge is 2.22. The summed E-state index contributed by atoms with van der Waals surface area (Å²) in [5, 5.41) is 3.50. The van der Waals surface area contributed by atoms with Crippen LogP contribution in [0.2, 0.25) is 0 Å². The normalized spacial score (nSPS) is 19.1. The van der Waals surface area contributed by atoms with E-state index < -0.39 is 10.0 Å². The molecule has 4 nitrogen and oxygen atoms in total. The first-order valence-electron chi connectivity index (χ1n) is 7.30. The maximum Gasteiger partial charge on any atom is 0.240 e. The second-order valence-electron chi connectivity index (χ2n) is 5.56. The molecule has 1 aliphatic rings. The Balaban J connectivity index is 2.19. The lowest BCUT2D eigenvalue weighted by Gasteiger charge is -2.15. The molecule has 1 aromatic carbocycles. The lowest BCUT2D eigenvalue weighted by molar-refractivity contribution is 0.578. The number of hydrogen-bond donors (Lipinski definition) is 2. The molecule has 1 aromatic rings. The van der Waals surface area contributed by atoms with Crippen LogP contribution < -0.4 is 10.0 Å². The minimum atomic E-state index is -3.43. The number of hydrogen-bond acceptors (Lipinski definition) is 4. The predicted molar refractivity (Wildman–Crippen MR) is 89.3 cm³/mol. The molecule has 1 heterocycles. The summed E-state index contributed by atoms with van der Waals surface area (Å²) in [7, 11) is -1.56. The van der Waals surface area contributed by atoms with E-state index in [4.69, 9.17) is 0 Å². The first kappa shape index (κ1) is 16.8. The van der Waals surface area contributed by atoms with Gasteiger partial charge in [0.2, 0.25) is 10.0 Å². The lowest BCUT2D eigenvalue weighted by atomic mass is 10.1. The smallest absolute Gasteiger partial charge is 0.240 e. The van der Waals surface area contributed by atoms with Gasteiger partial charge >= 0.3 is 0 Å². The molecule has 6 heteroatoms. The van der Waals surface area contributed by atoms with Crippen molar-refractivity contribution in [1.82, 2.24) is 10.0 Å².